The van der Waals surface area contributed by atoms with Crippen molar-refractivity contribution in [3.05, 3.63) is 24.3 Å². The minimum atomic E-state index is -3.02. The third-order valence-electron chi connectivity index (χ3n) is 6.39. The van der Waals surface area contributed by atoms with E-state index in [1.54, 1.807) is 0 Å². The molecule has 0 saturated heterocycles. The molecule has 0 spiro atoms. The van der Waals surface area contributed by atoms with Crippen LogP contribution in [-0.4, -0.2) is 44.6 Å². The van der Waals surface area contributed by atoms with E-state index in [0.717, 1.165) is 25.3 Å². The van der Waals surface area contributed by atoms with Crippen LogP contribution in [0.2, 0.25) is 0 Å². The fraction of sp³-hybridized carbons (Fsp3) is 0.679. The van der Waals surface area contributed by atoms with Crippen molar-refractivity contribution < 1.29 is 78.8 Å². The van der Waals surface area contributed by atoms with Crippen LogP contribution < -0.4 is 20.4 Å². The number of nitrogens with zero attached hydrogens (tertiary/aromatic N) is 1. The second-order valence-corrected chi connectivity index (χ2v) is 9.68. The van der Waals surface area contributed by atoms with Crippen molar-refractivity contribution in [1.82, 2.24) is 9.97 Å². The van der Waals surface area contributed by atoms with E-state index in [0.29, 0.717) is 18.5 Å². The standard InChI is InChI=1S/C22H40O7.C6H6N2O2.2Mn/c1-2-3-4-5-6-7-8-9-10-11-12-13-14-15-16-18(20(25)26)22(29,21(27)28)17-19(23)24;9-6(10)2-1-5-3-7-4-8-5;;/h18,29H,2-17H2,1H3,(H,23,24)(H,25,26)(H,27,28);1-4H,(H,7,8)(H,9,10);;/q;;2*+2/p-4. The number of unbranched alkanes of at least 4 members (excludes halogenated alkanes) is 13. The minimum absolute atomic E-state index is 0. The Hall–Kier alpha value is -2.17. The molecular formula is C28H42Mn2N2O9. The van der Waals surface area contributed by atoms with Gasteiger partial charge in [-0.15, -0.1) is 0 Å². The van der Waals surface area contributed by atoms with Crippen LogP contribution >= 0.6 is 0 Å². The normalized spacial score (nSPS) is 12.6. The van der Waals surface area contributed by atoms with Gasteiger partial charge in [0, 0.05) is 24.3 Å². The number of imidazole rings is 1. The smallest absolute Gasteiger partial charge is 0.550 e. The van der Waals surface area contributed by atoms with Crippen molar-refractivity contribution >= 4 is 30.0 Å². The van der Waals surface area contributed by atoms with Crippen molar-refractivity contribution in [2.45, 2.75) is 115 Å². The van der Waals surface area contributed by atoms with Gasteiger partial charge < -0.3 is 49.7 Å². The molecule has 1 aromatic rings. The summed E-state index contributed by atoms with van der Waals surface area (Å²) in [7, 11) is 0. The molecule has 0 saturated carbocycles. The molecule has 2 unspecified atom stereocenters. The molecule has 13 heteroatoms. The molecule has 1 aromatic heterocycles. The van der Waals surface area contributed by atoms with Gasteiger partial charge >= 0.3 is 34.1 Å². The number of aromatic amines is 1. The Bertz CT molecular complexity index is 867. The molecule has 1 heterocycles. The van der Waals surface area contributed by atoms with E-state index >= 15 is 0 Å². The van der Waals surface area contributed by atoms with Gasteiger partial charge in [0.2, 0.25) is 0 Å². The molecule has 0 aliphatic rings. The third-order valence-corrected chi connectivity index (χ3v) is 6.39. The predicted octanol–water partition coefficient (Wildman–Crippen LogP) is 0.0127. The zero-order valence-corrected chi connectivity index (χ0v) is 26.0. The number of nitrogens with one attached hydrogen (secondary N) is 1. The first-order chi connectivity index (χ1) is 18.5. The summed E-state index contributed by atoms with van der Waals surface area (Å²) in [6, 6.07) is 0. The molecule has 0 aromatic carbocycles. The Kier molecular flexibility index (Phi) is 28.2. The van der Waals surface area contributed by atoms with Gasteiger partial charge in [0.15, 0.2) is 0 Å². The summed E-state index contributed by atoms with van der Waals surface area (Å²) < 4.78 is 0. The number of carbonyl (C=O) groups is 4. The Morgan fingerprint density at radius 3 is 1.66 bits per heavy atom. The summed E-state index contributed by atoms with van der Waals surface area (Å²) in [5.41, 5.74) is -2.38. The van der Waals surface area contributed by atoms with Gasteiger partial charge in [-0.1, -0.05) is 96.8 Å². The average Bonchev–Trinajstić information content (AvgIpc) is 3.38. The Morgan fingerprint density at radius 1 is 0.854 bits per heavy atom. The minimum Gasteiger partial charge on any atom is -0.550 e. The average molecular weight is 661 g/mol. The quantitative estimate of drug-likeness (QED) is 0.0967. The van der Waals surface area contributed by atoms with Crippen LogP contribution in [0, 0.1) is 5.92 Å². The molecule has 0 bridgehead atoms. The first-order valence-electron chi connectivity index (χ1n) is 13.8. The van der Waals surface area contributed by atoms with Crippen molar-refractivity contribution in [3.8, 4) is 0 Å². The van der Waals surface area contributed by atoms with Gasteiger partial charge in [-0.2, -0.15) is 0 Å². The number of rotatable bonds is 22. The van der Waals surface area contributed by atoms with Crippen molar-refractivity contribution in [2.24, 2.45) is 5.92 Å². The molecule has 11 nitrogen and oxygen atoms in total. The molecule has 2 atom stereocenters. The molecule has 0 aliphatic heterocycles. The van der Waals surface area contributed by atoms with Crippen LogP contribution in [0.3, 0.4) is 0 Å². The first-order valence-corrected chi connectivity index (χ1v) is 13.8. The number of aliphatic carboxylic acids is 4. The molecule has 2 N–H and O–H groups in total. The first kappa shape index (κ1) is 43.3. The molecule has 0 fully saturated rings. The van der Waals surface area contributed by atoms with E-state index in [-0.39, 0.29) is 40.6 Å². The second kappa shape index (κ2) is 26.7. The number of carboxylic acid groups (broad SMARTS) is 4. The number of aliphatic hydroxyl groups is 1. The van der Waals surface area contributed by atoms with E-state index in [1.807, 2.05) is 0 Å². The van der Waals surface area contributed by atoms with Crippen molar-refractivity contribution in [3.63, 3.8) is 0 Å². The third kappa shape index (κ3) is 22.1. The summed E-state index contributed by atoms with van der Waals surface area (Å²) in [6.45, 7) is 2.21. The molecule has 232 valence electrons. The predicted molar refractivity (Wildman–Crippen MR) is 136 cm³/mol. The maximum atomic E-state index is 11.2. The van der Waals surface area contributed by atoms with Gasteiger partial charge in [-0.05, 0) is 18.6 Å². The number of hydrogen-bond acceptors (Lipinski definition) is 10. The number of carboxylic acids is 4. The Labute approximate surface area is 263 Å². The second-order valence-electron chi connectivity index (χ2n) is 9.68. The zero-order valence-electron chi connectivity index (χ0n) is 23.6. The SMILES string of the molecule is CCCCCCCCCCCCCCCCC(C(=O)[O-])C(O)(CC(=O)[O-])C(=O)[O-].O=C([O-])C=Cc1cnc[nH]1.[Mn+2].[Mn+2]. The molecule has 1 rings (SSSR count). The van der Waals surface area contributed by atoms with Gasteiger partial charge in [-0.25, -0.2) is 4.98 Å². The van der Waals surface area contributed by atoms with Crippen molar-refractivity contribution in [2.75, 3.05) is 0 Å². The summed E-state index contributed by atoms with van der Waals surface area (Å²) in [6.07, 6.45) is 19.3. The Balaban J connectivity index is -0.00000101. The zero-order chi connectivity index (χ0) is 29.5. The van der Waals surface area contributed by atoms with E-state index < -0.39 is 41.8 Å². The van der Waals surface area contributed by atoms with Crippen LogP contribution in [0.15, 0.2) is 18.6 Å². The monoisotopic (exact) mass is 660 g/mol. The summed E-state index contributed by atoms with van der Waals surface area (Å²) in [5.74, 6) is -8.85. The number of hydrogen-bond donors (Lipinski definition) is 2. The fourth-order valence-electron chi connectivity index (χ4n) is 4.17. The summed E-state index contributed by atoms with van der Waals surface area (Å²) in [4.78, 5) is 49.2. The molecule has 0 aliphatic carbocycles. The maximum absolute atomic E-state index is 11.2. The summed E-state index contributed by atoms with van der Waals surface area (Å²) in [5, 5.41) is 52.9. The van der Waals surface area contributed by atoms with E-state index in [9.17, 15) is 44.7 Å². The number of aromatic nitrogens is 2. The number of carbonyl (C=O) groups excluding carboxylic acids is 4. The molecular weight excluding hydrogens is 618 g/mol. The molecule has 0 amide bonds. The van der Waals surface area contributed by atoms with Gasteiger partial charge in [-0.3, -0.25) is 0 Å². The van der Waals surface area contributed by atoms with Gasteiger partial charge in [0.25, 0.3) is 0 Å². The van der Waals surface area contributed by atoms with Crippen molar-refractivity contribution in [1.29, 1.82) is 0 Å². The fourth-order valence-corrected chi connectivity index (χ4v) is 4.17. The van der Waals surface area contributed by atoms with Crippen LogP contribution in [0.25, 0.3) is 6.08 Å². The van der Waals surface area contributed by atoms with E-state index in [1.165, 1.54) is 76.4 Å². The van der Waals surface area contributed by atoms with E-state index in [2.05, 4.69) is 16.9 Å². The number of H-pyrrole nitrogens is 1. The summed E-state index contributed by atoms with van der Waals surface area (Å²) >= 11 is 0. The van der Waals surface area contributed by atoms with Crippen LogP contribution in [-0.2, 0) is 53.3 Å². The van der Waals surface area contributed by atoms with E-state index in [4.69, 9.17) is 0 Å². The molecule has 2 radical (unpaired) electrons. The molecule has 41 heavy (non-hydrogen) atoms. The topological polar surface area (TPSA) is 209 Å². The van der Waals surface area contributed by atoms with Crippen LogP contribution in [0.1, 0.15) is 115 Å². The van der Waals surface area contributed by atoms with Gasteiger partial charge in [0.05, 0.1) is 30.2 Å². The maximum Gasteiger partial charge on any atom is 2.00 e. The largest absolute Gasteiger partial charge is 2.00 e. The Morgan fingerprint density at radius 2 is 1.32 bits per heavy atom. The van der Waals surface area contributed by atoms with Gasteiger partial charge in [0.1, 0.15) is 5.60 Å². The van der Waals surface area contributed by atoms with Crippen LogP contribution in [0.5, 0.6) is 0 Å². The van der Waals surface area contributed by atoms with Crippen LogP contribution in [0.4, 0.5) is 0 Å².